The molecule has 1 atom stereocenters. The van der Waals surface area contributed by atoms with E-state index in [9.17, 15) is 19.5 Å². The Hall–Kier alpha value is -3.09. The zero-order chi connectivity index (χ0) is 18.8. The van der Waals surface area contributed by atoms with E-state index in [1.165, 1.54) is 6.07 Å². The monoisotopic (exact) mass is 356 g/mol. The number of aryl methyl sites for hydroxylation is 2. The zero-order valence-corrected chi connectivity index (χ0v) is 14.6. The second kappa shape index (κ2) is 7.03. The Balaban J connectivity index is 1.70. The van der Waals surface area contributed by atoms with Crippen molar-refractivity contribution in [1.82, 2.24) is 4.90 Å². The van der Waals surface area contributed by atoms with Crippen LogP contribution in [0.15, 0.2) is 34.9 Å². The van der Waals surface area contributed by atoms with Gasteiger partial charge in [-0.15, -0.1) is 0 Å². The number of nitrogens with one attached hydrogen (secondary N) is 1. The van der Waals surface area contributed by atoms with E-state index in [2.05, 4.69) is 5.32 Å². The standard InChI is InChI=1S/C19H20N2O5/c1-11-6-12(2)16(8-15(11)19(24)25)20-18(23)13-7-17(22)21(9-13)10-14-4-3-5-26-14/h3-6,8,13H,7,9-10H2,1-2H3,(H,20,23)(H,24,25). The number of rotatable bonds is 5. The normalized spacial score (nSPS) is 16.8. The minimum atomic E-state index is -1.04. The number of amides is 2. The second-order valence-electron chi connectivity index (χ2n) is 6.53. The van der Waals surface area contributed by atoms with E-state index in [-0.39, 0.29) is 23.8 Å². The first-order valence-corrected chi connectivity index (χ1v) is 8.30. The van der Waals surface area contributed by atoms with Crippen molar-refractivity contribution in [2.75, 3.05) is 11.9 Å². The molecule has 1 fully saturated rings. The molecule has 1 saturated heterocycles. The van der Waals surface area contributed by atoms with Crippen LogP contribution in [0.3, 0.4) is 0 Å². The number of hydrogen-bond acceptors (Lipinski definition) is 4. The van der Waals surface area contributed by atoms with Crippen LogP contribution in [0.25, 0.3) is 0 Å². The minimum Gasteiger partial charge on any atom is -0.478 e. The highest BCUT2D eigenvalue weighted by Crippen LogP contribution is 2.25. The summed E-state index contributed by atoms with van der Waals surface area (Å²) in [7, 11) is 0. The van der Waals surface area contributed by atoms with E-state index in [0.717, 1.165) is 5.56 Å². The summed E-state index contributed by atoms with van der Waals surface area (Å²) in [5.74, 6) is -1.25. The molecule has 0 saturated carbocycles. The van der Waals surface area contributed by atoms with Crippen molar-refractivity contribution < 1.29 is 23.9 Å². The van der Waals surface area contributed by atoms with Gasteiger partial charge in [-0.05, 0) is 43.2 Å². The van der Waals surface area contributed by atoms with Crippen LogP contribution in [0.4, 0.5) is 5.69 Å². The van der Waals surface area contributed by atoms with E-state index in [0.29, 0.717) is 30.1 Å². The van der Waals surface area contributed by atoms with Crippen molar-refractivity contribution in [3.05, 3.63) is 53.0 Å². The number of hydrogen-bond donors (Lipinski definition) is 2. The van der Waals surface area contributed by atoms with Crippen molar-refractivity contribution in [2.45, 2.75) is 26.8 Å². The first kappa shape index (κ1) is 17.7. The molecule has 2 N–H and O–H groups in total. The molecule has 1 aliphatic rings. The lowest BCUT2D eigenvalue weighted by atomic mass is 10.0. The fourth-order valence-corrected chi connectivity index (χ4v) is 3.14. The molecule has 1 aliphatic heterocycles. The quantitative estimate of drug-likeness (QED) is 0.858. The van der Waals surface area contributed by atoms with Crippen LogP contribution in [-0.2, 0) is 16.1 Å². The molecular formula is C19H20N2O5. The lowest BCUT2D eigenvalue weighted by Gasteiger charge is -2.16. The van der Waals surface area contributed by atoms with E-state index in [1.54, 1.807) is 43.2 Å². The molecule has 0 bridgehead atoms. The van der Waals surface area contributed by atoms with Crippen molar-refractivity contribution in [3.8, 4) is 0 Å². The second-order valence-corrected chi connectivity index (χ2v) is 6.53. The van der Waals surface area contributed by atoms with E-state index in [1.807, 2.05) is 0 Å². The van der Waals surface area contributed by atoms with Gasteiger partial charge in [0.05, 0.1) is 24.3 Å². The maximum Gasteiger partial charge on any atom is 0.336 e. The van der Waals surface area contributed by atoms with Crippen molar-refractivity contribution in [2.24, 2.45) is 5.92 Å². The van der Waals surface area contributed by atoms with Gasteiger partial charge in [-0.25, -0.2) is 4.79 Å². The molecule has 0 aliphatic carbocycles. The molecule has 0 radical (unpaired) electrons. The molecule has 26 heavy (non-hydrogen) atoms. The molecule has 7 nitrogen and oxygen atoms in total. The Morgan fingerprint density at radius 3 is 2.73 bits per heavy atom. The number of benzene rings is 1. The van der Waals surface area contributed by atoms with Crippen LogP contribution < -0.4 is 5.32 Å². The van der Waals surface area contributed by atoms with Gasteiger partial charge in [0.2, 0.25) is 11.8 Å². The lowest BCUT2D eigenvalue weighted by molar-refractivity contribution is -0.128. The van der Waals surface area contributed by atoms with Gasteiger partial charge in [0.15, 0.2) is 0 Å². The zero-order valence-electron chi connectivity index (χ0n) is 14.6. The molecule has 0 spiro atoms. The molecule has 2 aromatic rings. The van der Waals surface area contributed by atoms with Crippen molar-refractivity contribution in [1.29, 1.82) is 0 Å². The molecule has 1 aromatic carbocycles. The number of nitrogens with zero attached hydrogens (tertiary/aromatic N) is 1. The third-order valence-corrected chi connectivity index (χ3v) is 4.57. The Bertz CT molecular complexity index is 857. The Morgan fingerprint density at radius 1 is 1.31 bits per heavy atom. The van der Waals surface area contributed by atoms with Gasteiger partial charge in [0.1, 0.15) is 5.76 Å². The first-order valence-electron chi connectivity index (χ1n) is 8.30. The third-order valence-electron chi connectivity index (χ3n) is 4.57. The summed E-state index contributed by atoms with van der Waals surface area (Å²) >= 11 is 0. The summed E-state index contributed by atoms with van der Waals surface area (Å²) in [6, 6.07) is 6.72. The number of anilines is 1. The van der Waals surface area contributed by atoms with Gasteiger partial charge in [-0.3, -0.25) is 9.59 Å². The summed E-state index contributed by atoms with van der Waals surface area (Å²) in [4.78, 5) is 37.6. The average Bonchev–Trinajstić information content (AvgIpc) is 3.20. The van der Waals surface area contributed by atoms with E-state index < -0.39 is 11.9 Å². The van der Waals surface area contributed by atoms with Crippen LogP contribution in [0.5, 0.6) is 0 Å². The smallest absolute Gasteiger partial charge is 0.336 e. The Kier molecular flexibility index (Phi) is 4.79. The van der Waals surface area contributed by atoms with Crippen molar-refractivity contribution in [3.63, 3.8) is 0 Å². The predicted octanol–water partition coefficient (Wildman–Crippen LogP) is 2.58. The highest BCUT2D eigenvalue weighted by molar-refractivity contribution is 5.99. The number of aromatic carboxylic acids is 1. The number of likely N-dealkylation sites (tertiary alicyclic amines) is 1. The SMILES string of the molecule is Cc1cc(C)c(C(=O)O)cc1NC(=O)C1CC(=O)N(Cc2ccco2)C1. The summed E-state index contributed by atoms with van der Waals surface area (Å²) in [6.07, 6.45) is 1.67. The minimum absolute atomic E-state index is 0.103. The van der Waals surface area contributed by atoms with E-state index in [4.69, 9.17) is 4.42 Å². The summed E-state index contributed by atoms with van der Waals surface area (Å²) in [6.45, 7) is 4.16. The maximum atomic E-state index is 12.6. The largest absolute Gasteiger partial charge is 0.478 e. The molecule has 1 unspecified atom stereocenters. The van der Waals surface area contributed by atoms with Gasteiger partial charge in [0, 0.05) is 18.7 Å². The van der Waals surface area contributed by atoms with E-state index >= 15 is 0 Å². The first-order chi connectivity index (χ1) is 12.3. The van der Waals surface area contributed by atoms with Crippen LogP contribution in [0.1, 0.15) is 33.7 Å². The molecular weight excluding hydrogens is 336 g/mol. The van der Waals surface area contributed by atoms with Gasteiger partial charge in [-0.2, -0.15) is 0 Å². The van der Waals surface area contributed by atoms with Gasteiger partial charge >= 0.3 is 5.97 Å². The average molecular weight is 356 g/mol. The fraction of sp³-hybridized carbons (Fsp3) is 0.316. The fourth-order valence-electron chi connectivity index (χ4n) is 3.14. The van der Waals surface area contributed by atoms with Crippen molar-refractivity contribution >= 4 is 23.5 Å². The molecule has 7 heteroatoms. The number of carboxylic acids is 1. The predicted molar refractivity (Wildman–Crippen MR) is 93.7 cm³/mol. The topological polar surface area (TPSA) is 99.8 Å². The molecule has 1 aromatic heterocycles. The maximum absolute atomic E-state index is 12.6. The third kappa shape index (κ3) is 3.61. The van der Waals surface area contributed by atoms with Gasteiger partial charge in [-0.1, -0.05) is 6.07 Å². The van der Waals surface area contributed by atoms with Crippen LogP contribution >= 0.6 is 0 Å². The van der Waals surface area contributed by atoms with Crippen LogP contribution in [0.2, 0.25) is 0 Å². The highest BCUT2D eigenvalue weighted by Gasteiger charge is 2.34. The summed E-state index contributed by atoms with van der Waals surface area (Å²) in [5.41, 5.74) is 2.01. The molecule has 2 amide bonds. The van der Waals surface area contributed by atoms with Gasteiger partial charge in [0.25, 0.3) is 0 Å². The lowest BCUT2D eigenvalue weighted by Crippen LogP contribution is -2.28. The Labute approximate surface area is 150 Å². The Morgan fingerprint density at radius 2 is 2.08 bits per heavy atom. The number of furan rings is 1. The number of carboxylic acid groups (broad SMARTS) is 1. The summed E-state index contributed by atoms with van der Waals surface area (Å²) < 4.78 is 5.25. The summed E-state index contributed by atoms with van der Waals surface area (Å²) in [5, 5.41) is 12.0. The highest BCUT2D eigenvalue weighted by atomic mass is 16.4. The van der Waals surface area contributed by atoms with Crippen LogP contribution in [-0.4, -0.2) is 34.3 Å². The number of carbonyl (C=O) groups excluding carboxylic acids is 2. The number of carbonyl (C=O) groups is 3. The molecule has 136 valence electrons. The van der Waals surface area contributed by atoms with Crippen LogP contribution in [0, 0.1) is 19.8 Å². The molecule has 3 rings (SSSR count). The molecule has 2 heterocycles. The van der Waals surface area contributed by atoms with Gasteiger partial charge < -0.3 is 19.7 Å².